The lowest BCUT2D eigenvalue weighted by molar-refractivity contribution is -0.137. The highest BCUT2D eigenvalue weighted by Crippen LogP contribution is 2.30. The van der Waals surface area contributed by atoms with Gasteiger partial charge >= 0.3 is 6.18 Å². The van der Waals surface area contributed by atoms with Crippen molar-refractivity contribution in [2.75, 3.05) is 5.43 Å². The van der Waals surface area contributed by atoms with Crippen molar-refractivity contribution in [1.82, 2.24) is 15.0 Å². The van der Waals surface area contributed by atoms with Gasteiger partial charge in [0.2, 0.25) is 5.95 Å². The van der Waals surface area contributed by atoms with Crippen LogP contribution in [0.4, 0.5) is 19.1 Å². The number of hydrogen-bond acceptors (Lipinski definition) is 5. The molecule has 8 heteroatoms. The van der Waals surface area contributed by atoms with Crippen molar-refractivity contribution in [1.29, 1.82) is 0 Å². The van der Waals surface area contributed by atoms with Crippen molar-refractivity contribution < 1.29 is 13.2 Å². The Morgan fingerprint density at radius 3 is 2.42 bits per heavy atom. The van der Waals surface area contributed by atoms with Crippen molar-refractivity contribution in [2.24, 2.45) is 5.10 Å². The standard InChI is InChI=1S/C32H26F3N5/c1-21(16-23-8-6-11-26(18-23)32(33,34)35)17-24-14-15-27(36-19-24)20-37-40-31-38-22(2)28-12-7-13-29(30(28)39-31)25-9-4-3-5-10-25/h3-15,18-20H,1,16-17H2,2H3,(H,38,39,40)/b37-20-. The van der Waals surface area contributed by atoms with Gasteiger partial charge in [0.25, 0.3) is 0 Å². The molecule has 0 unspecified atom stereocenters. The number of para-hydroxylation sites is 1. The Balaban J connectivity index is 1.23. The molecule has 0 radical (unpaired) electrons. The molecule has 0 saturated heterocycles. The van der Waals surface area contributed by atoms with E-state index < -0.39 is 11.7 Å². The summed E-state index contributed by atoms with van der Waals surface area (Å²) in [7, 11) is 0. The van der Waals surface area contributed by atoms with E-state index in [0.717, 1.165) is 44.9 Å². The molecule has 5 rings (SSSR count). The number of allylic oxidation sites excluding steroid dienone is 1. The average molecular weight is 538 g/mol. The van der Waals surface area contributed by atoms with Crippen LogP contribution in [0.2, 0.25) is 0 Å². The molecule has 2 aromatic heterocycles. The number of anilines is 1. The lowest BCUT2D eigenvalue weighted by Crippen LogP contribution is -2.05. The second-order valence-electron chi connectivity index (χ2n) is 9.46. The zero-order valence-corrected chi connectivity index (χ0v) is 21.8. The number of alkyl halides is 3. The van der Waals surface area contributed by atoms with Crippen LogP contribution in [0.5, 0.6) is 0 Å². The van der Waals surface area contributed by atoms with E-state index in [-0.39, 0.29) is 0 Å². The van der Waals surface area contributed by atoms with Crippen LogP contribution in [-0.2, 0) is 19.0 Å². The number of halogens is 3. The van der Waals surface area contributed by atoms with Gasteiger partial charge in [-0.15, -0.1) is 0 Å². The van der Waals surface area contributed by atoms with Crippen LogP contribution in [0.1, 0.15) is 28.1 Å². The monoisotopic (exact) mass is 537 g/mol. The number of fused-ring (bicyclic) bond motifs is 1. The van der Waals surface area contributed by atoms with Gasteiger partial charge in [-0.25, -0.2) is 15.4 Å². The number of benzene rings is 3. The summed E-state index contributed by atoms with van der Waals surface area (Å²) in [5.41, 5.74) is 8.92. The highest BCUT2D eigenvalue weighted by molar-refractivity contribution is 5.95. The normalized spacial score (nSPS) is 11.7. The van der Waals surface area contributed by atoms with Crippen LogP contribution in [0.25, 0.3) is 22.0 Å². The minimum absolute atomic E-state index is 0.355. The van der Waals surface area contributed by atoms with Gasteiger partial charge in [0, 0.05) is 17.1 Å². The van der Waals surface area contributed by atoms with Crippen LogP contribution in [-0.4, -0.2) is 21.2 Å². The zero-order chi connectivity index (χ0) is 28.1. The van der Waals surface area contributed by atoms with Gasteiger partial charge in [0.1, 0.15) is 0 Å². The first-order valence-corrected chi connectivity index (χ1v) is 12.7. The first-order valence-electron chi connectivity index (χ1n) is 12.7. The summed E-state index contributed by atoms with van der Waals surface area (Å²) in [6.45, 7) is 5.98. The third-order valence-electron chi connectivity index (χ3n) is 6.37. The third kappa shape index (κ3) is 6.40. The Morgan fingerprint density at radius 2 is 1.68 bits per heavy atom. The van der Waals surface area contributed by atoms with Crippen molar-refractivity contribution in [3.05, 3.63) is 131 Å². The fraction of sp³-hybridized carbons (Fsp3) is 0.125. The summed E-state index contributed by atoms with van der Waals surface area (Å²) >= 11 is 0. The molecule has 0 saturated carbocycles. The first-order chi connectivity index (χ1) is 19.3. The Kier molecular flexibility index (Phi) is 7.68. The third-order valence-corrected chi connectivity index (χ3v) is 6.37. The number of pyridine rings is 1. The largest absolute Gasteiger partial charge is 0.416 e. The van der Waals surface area contributed by atoms with E-state index in [1.807, 2.05) is 67.6 Å². The maximum absolute atomic E-state index is 13.0. The molecule has 0 bridgehead atoms. The van der Waals surface area contributed by atoms with Gasteiger partial charge in [-0.1, -0.05) is 84.9 Å². The van der Waals surface area contributed by atoms with E-state index in [4.69, 9.17) is 4.98 Å². The lowest BCUT2D eigenvalue weighted by atomic mass is 9.99. The number of aromatic nitrogens is 3. The number of aryl methyl sites for hydroxylation is 1. The first kappa shape index (κ1) is 26.7. The minimum Gasteiger partial charge on any atom is -0.255 e. The number of nitrogens with one attached hydrogen (secondary N) is 1. The molecule has 200 valence electrons. The molecule has 0 amide bonds. The summed E-state index contributed by atoms with van der Waals surface area (Å²) in [6.07, 6.45) is -0.215. The summed E-state index contributed by atoms with van der Waals surface area (Å²) in [5, 5.41) is 5.24. The number of nitrogens with zero attached hydrogens (tertiary/aromatic N) is 4. The van der Waals surface area contributed by atoms with E-state index in [9.17, 15) is 13.2 Å². The molecule has 5 nitrogen and oxygen atoms in total. The van der Waals surface area contributed by atoms with E-state index in [0.29, 0.717) is 30.0 Å². The van der Waals surface area contributed by atoms with Crippen molar-refractivity contribution in [3.8, 4) is 11.1 Å². The summed E-state index contributed by atoms with van der Waals surface area (Å²) in [5.74, 6) is 0.382. The van der Waals surface area contributed by atoms with Crippen molar-refractivity contribution in [2.45, 2.75) is 25.9 Å². The quantitative estimate of drug-likeness (QED) is 0.125. The average Bonchev–Trinajstić information content (AvgIpc) is 2.94. The Hall–Kier alpha value is -4.85. The van der Waals surface area contributed by atoms with Gasteiger partial charge in [-0.2, -0.15) is 18.3 Å². The molecule has 1 N–H and O–H groups in total. The number of hydrazone groups is 1. The van der Waals surface area contributed by atoms with Crippen LogP contribution < -0.4 is 5.43 Å². The van der Waals surface area contributed by atoms with Gasteiger partial charge < -0.3 is 0 Å². The highest BCUT2D eigenvalue weighted by atomic mass is 19.4. The molecule has 0 spiro atoms. The molecule has 0 atom stereocenters. The van der Waals surface area contributed by atoms with Crippen LogP contribution in [0.15, 0.2) is 108 Å². The summed E-state index contributed by atoms with van der Waals surface area (Å²) in [4.78, 5) is 13.7. The number of hydrogen-bond donors (Lipinski definition) is 1. The smallest absolute Gasteiger partial charge is 0.255 e. The second-order valence-corrected chi connectivity index (χ2v) is 9.46. The van der Waals surface area contributed by atoms with E-state index >= 15 is 0 Å². The molecule has 2 heterocycles. The SMILES string of the molecule is C=C(Cc1ccc(/C=N\Nc2nc(C)c3cccc(-c4ccccc4)c3n2)nc1)Cc1cccc(C(F)(F)F)c1. The molecule has 0 fully saturated rings. The molecular weight excluding hydrogens is 511 g/mol. The van der Waals surface area contributed by atoms with Gasteiger partial charge in [0.05, 0.1) is 28.7 Å². The molecule has 5 aromatic rings. The van der Waals surface area contributed by atoms with Gasteiger partial charge in [0.15, 0.2) is 0 Å². The molecule has 0 aliphatic carbocycles. The van der Waals surface area contributed by atoms with Crippen LogP contribution in [0.3, 0.4) is 0 Å². The maximum Gasteiger partial charge on any atom is 0.416 e. The van der Waals surface area contributed by atoms with Crippen LogP contribution in [0, 0.1) is 6.92 Å². The van der Waals surface area contributed by atoms with E-state index in [1.54, 1.807) is 18.5 Å². The molecule has 3 aromatic carbocycles. The highest BCUT2D eigenvalue weighted by Gasteiger charge is 2.30. The molecule has 0 aliphatic heterocycles. The summed E-state index contributed by atoms with van der Waals surface area (Å²) < 4.78 is 38.9. The van der Waals surface area contributed by atoms with Gasteiger partial charge in [-0.3, -0.25) is 4.98 Å². The van der Waals surface area contributed by atoms with Crippen molar-refractivity contribution in [3.63, 3.8) is 0 Å². The Morgan fingerprint density at radius 1 is 0.900 bits per heavy atom. The maximum atomic E-state index is 13.0. The fourth-order valence-corrected chi connectivity index (χ4v) is 4.48. The van der Waals surface area contributed by atoms with Crippen LogP contribution >= 0.6 is 0 Å². The molecule has 40 heavy (non-hydrogen) atoms. The predicted molar refractivity (Wildman–Crippen MR) is 153 cm³/mol. The van der Waals surface area contributed by atoms with Gasteiger partial charge in [-0.05, 0) is 48.6 Å². The Bertz CT molecular complexity index is 1680. The topological polar surface area (TPSA) is 63.1 Å². The fourth-order valence-electron chi connectivity index (χ4n) is 4.48. The second kappa shape index (κ2) is 11.5. The molecular formula is C32H26F3N5. The molecule has 0 aliphatic rings. The predicted octanol–water partition coefficient (Wildman–Crippen LogP) is 7.81. The number of rotatable bonds is 8. The Labute approximate surface area is 230 Å². The lowest BCUT2D eigenvalue weighted by Gasteiger charge is -2.10. The van der Waals surface area contributed by atoms with Crippen molar-refractivity contribution >= 4 is 23.1 Å². The zero-order valence-electron chi connectivity index (χ0n) is 21.8. The van der Waals surface area contributed by atoms with E-state index in [1.165, 1.54) is 12.1 Å². The van der Waals surface area contributed by atoms with E-state index in [2.05, 4.69) is 27.1 Å². The minimum atomic E-state index is -4.36. The summed E-state index contributed by atoms with van der Waals surface area (Å²) in [6, 6.07) is 25.2.